The van der Waals surface area contributed by atoms with Crippen molar-refractivity contribution in [3.63, 3.8) is 0 Å². The van der Waals surface area contributed by atoms with Crippen LogP contribution in [0.25, 0.3) is 0 Å². The van der Waals surface area contributed by atoms with E-state index in [0.717, 1.165) is 26.4 Å². The van der Waals surface area contributed by atoms with Gasteiger partial charge in [-0.05, 0) is 6.92 Å². The first-order valence-corrected chi connectivity index (χ1v) is 4.24. The van der Waals surface area contributed by atoms with E-state index in [1.807, 2.05) is 0 Å². The molecule has 0 aliphatic carbocycles. The van der Waals surface area contributed by atoms with Crippen LogP contribution in [0.1, 0.15) is 6.92 Å². The van der Waals surface area contributed by atoms with Gasteiger partial charge in [0.2, 0.25) is 0 Å². The van der Waals surface area contributed by atoms with E-state index in [2.05, 4.69) is 16.4 Å². The molecule has 1 N–H and O–H groups in total. The van der Waals surface area contributed by atoms with Crippen molar-refractivity contribution in [2.24, 2.45) is 0 Å². The van der Waals surface area contributed by atoms with E-state index in [9.17, 15) is 0 Å². The van der Waals surface area contributed by atoms with Gasteiger partial charge in [0.25, 0.3) is 0 Å². The van der Waals surface area contributed by atoms with Gasteiger partial charge in [0.1, 0.15) is 6.10 Å². The average Bonchev–Trinajstić information content (AvgIpc) is 2.86. The number of ether oxygens (including phenoxy) is 3. The van der Waals surface area contributed by atoms with Gasteiger partial charge in [-0.1, -0.05) is 0 Å². The Kier molecular flexibility index (Phi) is 4.53. The quantitative estimate of drug-likeness (QED) is 0.562. The van der Waals surface area contributed by atoms with E-state index in [1.54, 1.807) is 0 Å². The molecule has 0 aromatic rings. The third-order valence-corrected chi connectivity index (χ3v) is 1.31. The Morgan fingerprint density at radius 3 is 1.67 bits per heavy atom. The summed E-state index contributed by atoms with van der Waals surface area (Å²) < 4.78 is 13.8. The molecule has 3 heterocycles. The number of rotatable bonds is 1. The molecular weight excluding hydrogens is 160 g/mol. The number of hydrogen-bond acceptors (Lipinski definition) is 4. The third-order valence-electron chi connectivity index (χ3n) is 1.31. The second kappa shape index (κ2) is 5.48. The van der Waals surface area contributed by atoms with Crippen LogP contribution in [0.15, 0.2) is 0 Å². The number of aliphatic hydroxyl groups excluding tert-OH is 1. The molecule has 4 heteroatoms. The SMILES string of the molecule is C1CO1.CC1CO1.OCC1CO1. The van der Waals surface area contributed by atoms with Crippen LogP contribution >= 0.6 is 0 Å². The molecular formula is C8H16O4. The van der Waals surface area contributed by atoms with Gasteiger partial charge < -0.3 is 19.3 Å². The highest BCUT2D eigenvalue weighted by molar-refractivity contribution is 4.65. The Bertz CT molecular complexity index is 105. The summed E-state index contributed by atoms with van der Waals surface area (Å²) in [7, 11) is 0. The Morgan fingerprint density at radius 2 is 1.67 bits per heavy atom. The van der Waals surface area contributed by atoms with Gasteiger partial charge in [0.15, 0.2) is 0 Å². The summed E-state index contributed by atoms with van der Waals surface area (Å²) >= 11 is 0. The van der Waals surface area contributed by atoms with Crippen molar-refractivity contribution in [2.75, 3.05) is 33.0 Å². The van der Waals surface area contributed by atoms with E-state index in [1.165, 1.54) is 0 Å². The summed E-state index contributed by atoms with van der Waals surface area (Å²) in [6.07, 6.45) is 0.773. The molecule has 2 unspecified atom stereocenters. The zero-order valence-electron chi connectivity index (χ0n) is 7.36. The molecule has 12 heavy (non-hydrogen) atoms. The lowest BCUT2D eigenvalue weighted by Gasteiger charge is -1.70. The topological polar surface area (TPSA) is 57.8 Å². The average molecular weight is 176 g/mol. The zero-order chi connectivity index (χ0) is 8.81. The Morgan fingerprint density at radius 1 is 1.25 bits per heavy atom. The van der Waals surface area contributed by atoms with Crippen molar-refractivity contribution < 1.29 is 19.3 Å². The first kappa shape index (κ1) is 9.92. The molecule has 3 aliphatic rings. The highest BCUT2D eigenvalue weighted by atomic mass is 16.6. The lowest BCUT2D eigenvalue weighted by molar-refractivity contribution is 0.244. The van der Waals surface area contributed by atoms with Crippen LogP contribution in [0.4, 0.5) is 0 Å². The maximum atomic E-state index is 8.08. The largest absolute Gasteiger partial charge is 0.394 e. The number of epoxide rings is 3. The molecule has 3 saturated heterocycles. The fraction of sp³-hybridized carbons (Fsp3) is 1.00. The fourth-order valence-corrected chi connectivity index (χ4v) is 0.270. The molecule has 72 valence electrons. The van der Waals surface area contributed by atoms with Crippen LogP contribution in [-0.2, 0) is 14.2 Å². The van der Waals surface area contributed by atoms with Gasteiger partial charge in [-0.2, -0.15) is 0 Å². The van der Waals surface area contributed by atoms with Crippen LogP contribution in [0.3, 0.4) is 0 Å². The summed E-state index contributed by atoms with van der Waals surface area (Å²) in [5.74, 6) is 0. The van der Waals surface area contributed by atoms with Crippen molar-refractivity contribution in [3.05, 3.63) is 0 Å². The lowest BCUT2D eigenvalue weighted by atomic mass is 10.5. The summed E-state index contributed by atoms with van der Waals surface area (Å²) in [5, 5.41) is 8.08. The first-order chi connectivity index (χ1) is 5.83. The molecule has 0 amide bonds. The van der Waals surface area contributed by atoms with E-state index in [4.69, 9.17) is 9.84 Å². The minimum absolute atomic E-state index is 0.190. The lowest BCUT2D eigenvalue weighted by Crippen LogP contribution is -1.88. The van der Waals surface area contributed by atoms with Crippen LogP contribution in [0.5, 0.6) is 0 Å². The molecule has 3 fully saturated rings. The molecule has 3 rings (SSSR count). The van der Waals surface area contributed by atoms with Crippen LogP contribution in [0, 0.1) is 0 Å². The normalized spacial score (nSPS) is 33.5. The standard InChI is InChI=1S/C3H6O2.C3H6O.C2H4O/c4-1-3-2-5-3;1-3-2-4-3;1-2-3-1/h3-4H,1-2H2;3H,2H2,1H3;1-2H2. The number of aliphatic hydroxyl groups is 1. The predicted molar refractivity (Wildman–Crippen MR) is 43.1 cm³/mol. The van der Waals surface area contributed by atoms with Gasteiger partial charge in [-0.25, -0.2) is 0 Å². The smallest absolute Gasteiger partial charge is 0.104 e. The molecule has 0 aromatic carbocycles. The fourth-order valence-electron chi connectivity index (χ4n) is 0.270. The minimum Gasteiger partial charge on any atom is -0.394 e. The minimum atomic E-state index is 0.190. The maximum absolute atomic E-state index is 8.08. The van der Waals surface area contributed by atoms with Gasteiger partial charge >= 0.3 is 0 Å². The van der Waals surface area contributed by atoms with Crippen LogP contribution < -0.4 is 0 Å². The van der Waals surface area contributed by atoms with E-state index in [-0.39, 0.29) is 12.7 Å². The molecule has 3 aliphatic heterocycles. The van der Waals surface area contributed by atoms with Gasteiger partial charge in [0.05, 0.1) is 39.1 Å². The Hall–Kier alpha value is -0.160. The second-order valence-corrected chi connectivity index (χ2v) is 2.89. The predicted octanol–water partition coefficient (Wildman–Crippen LogP) is -0.201. The van der Waals surface area contributed by atoms with Gasteiger partial charge in [-0.3, -0.25) is 0 Å². The van der Waals surface area contributed by atoms with Gasteiger partial charge in [0, 0.05) is 0 Å². The highest BCUT2D eigenvalue weighted by Gasteiger charge is 2.19. The molecule has 0 radical (unpaired) electrons. The molecule has 2 atom stereocenters. The summed E-state index contributed by atoms with van der Waals surface area (Å²) in [5.41, 5.74) is 0. The van der Waals surface area contributed by atoms with Crippen molar-refractivity contribution in [2.45, 2.75) is 19.1 Å². The Balaban J connectivity index is 0.0000000929. The molecule has 0 bridgehead atoms. The van der Waals surface area contributed by atoms with Crippen molar-refractivity contribution in [1.82, 2.24) is 0 Å². The van der Waals surface area contributed by atoms with E-state index in [0.29, 0.717) is 6.10 Å². The molecule has 0 aromatic heterocycles. The van der Waals surface area contributed by atoms with E-state index < -0.39 is 0 Å². The number of hydrogen-bond donors (Lipinski definition) is 1. The van der Waals surface area contributed by atoms with Crippen molar-refractivity contribution >= 4 is 0 Å². The molecule has 0 spiro atoms. The maximum Gasteiger partial charge on any atom is 0.104 e. The Labute approximate surface area is 72.4 Å². The summed E-state index contributed by atoms with van der Waals surface area (Å²) in [4.78, 5) is 0. The molecule has 4 nitrogen and oxygen atoms in total. The summed E-state index contributed by atoms with van der Waals surface area (Å²) in [6.45, 7) is 6.00. The van der Waals surface area contributed by atoms with Crippen LogP contribution in [0.2, 0.25) is 0 Å². The highest BCUT2D eigenvalue weighted by Crippen LogP contribution is 2.05. The van der Waals surface area contributed by atoms with Crippen LogP contribution in [-0.4, -0.2) is 50.3 Å². The van der Waals surface area contributed by atoms with Gasteiger partial charge in [-0.15, -0.1) is 0 Å². The molecule has 0 saturated carbocycles. The van der Waals surface area contributed by atoms with E-state index >= 15 is 0 Å². The van der Waals surface area contributed by atoms with Crippen molar-refractivity contribution in [3.8, 4) is 0 Å². The summed E-state index contributed by atoms with van der Waals surface area (Å²) in [6, 6.07) is 0. The van der Waals surface area contributed by atoms with Crippen molar-refractivity contribution in [1.29, 1.82) is 0 Å². The third kappa shape index (κ3) is 9.84. The zero-order valence-corrected chi connectivity index (χ0v) is 7.36. The second-order valence-electron chi connectivity index (χ2n) is 2.89. The first-order valence-electron chi connectivity index (χ1n) is 4.24. The monoisotopic (exact) mass is 176 g/mol.